The van der Waals surface area contributed by atoms with Crippen LogP contribution in [0.25, 0.3) is 0 Å². The molecule has 0 aromatic heterocycles. The van der Waals surface area contributed by atoms with Crippen molar-refractivity contribution in [1.82, 2.24) is 10.2 Å². The Morgan fingerprint density at radius 1 is 1.35 bits per heavy atom. The molecule has 0 aromatic carbocycles. The number of thiocarbonyl (C=S) groups is 1. The van der Waals surface area contributed by atoms with E-state index in [0.29, 0.717) is 0 Å². The first-order chi connectivity index (χ1) is 8.02. The van der Waals surface area contributed by atoms with Crippen LogP contribution in [-0.4, -0.2) is 41.3 Å². The standard InChI is InChI=1S/C11H19N3O2S/c1-14(8-5-3-2-4-6-8)11(16)10(15)13-7-9(12)17/h8H,2-7H2,1H3,(H2,12,17)(H,13,15). The van der Waals surface area contributed by atoms with Crippen molar-refractivity contribution in [1.29, 1.82) is 0 Å². The summed E-state index contributed by atoms with van der Waals surface area (Å²) in [5, 5.41) is 2.41. The van der Waals surface area contributed by atoms with Crippen molar-refractivity contribution < 1.29 is 9.59 Å². The molecule has 96 valence electrons. The summed E-state index contributed by atoms with van der Waals surface area (Å²) in [6, 6.07) is 0.187. The summed E-state index contributed by atoms with van der Waals surface area (Å²) in [4.78, 5) is 25.0. The van der Waals surface area contributed by atoms with Crippen LogP contribution < -0.4 is 11.1 Å². The van der Waals surface area contributed by atoms with Crippen LogP contribution in [-0.2, 0) is 9.59 Å². The third kappa shape index (κ3) is 4.30. The quantitative estimate of drug-likeness (QED) is 0.558. The van der Waals surface area contributed by atoms with E-state index in [9.17, 15) is 9.59 Å². The molecule has 0 saturated heterocycles. The van der Waals surface area contributed by atoms with Gasteiger partial charge in [-0.2, -0.15) is 0 Å². The van der Waals surface area contributed by atoms with Crippen molar-refractivity contribution in [3.05, 3.63) is 0 Å². The maximum atomic E-state index is 11.8. The SMILES string of the molecule is CN(C(=O)C(=O)NCC(N)=S)C1CCCCC1. The number of amides is 2. The third-order valence-corrected chi connectivity index (χ3v) is 3.20. The van der Waals surface area contributed by atoms with E-state index >= 15 is 0 Å². The van der Waals surface area contributed by atoms with Gasteiger partial charge in [0, 0.05) is 13.1 Å². The van der Waals surface area contributed by atoms with E-state index in [1.54, 1.807) is 7.05 Å². The van der Waals surface area contributed by atoms with Crippen LogP contribution in [0.3, 0.4) is 0 Å². The molecule has 0 aromatic rings. The van der Waals surface area contributed by atoms with Gasteiger partial charge in [-0.05, 0) is 12.8 Å². The third-order valence-electron chi connectivity index (χ3n) is 3.06. The Bertz CT molecular complexity index is 314. The summed E-state index contributed by atoms with van der Waals surface area (Å²) in [6.45, 7) is 0.0679. The maximum absolute atomic E-state index is 11.8. The first kappa shape index (κ1) is 13.9. The summed E-state index contributed by atoms with van der Waals surface area (Å²) in [5.74, 6) is -1.14. The minimum atomic E-state index is -0.633. The predicted molar refractivity (Wildman–Crippen MR) is 69.4 cm³/mol. The highest BCUT2D eigenvalue weighted by Gasteiger charge is 2.26. The van der Waals surface area contributed by atoms with Gasteiger partial charge in [0.1, 0.15) is 0 Å². The van der Waals surface area contributed by atoms with Crippen LogP contribution >= 0.6 is 12.2 Å². The van der Waals surface area contributed by atoms with E-state index in [4.69, 9.17) is 5.73 Å². The molecule has 0 aliphatic heterocycles. The molecule has 1 rings (SSSR count). The van der Waals surface area contributed by atoms with Crippen LogP contribution in [0.1, 0.15) is 32.1 Å². The smallest absolute Gasteiger partial charge is 0.311 e. The molecule has 0 spiro atoms. The van der Waals surface area contributed by atoms with Crippen LogP contribution in [0, 0.1) is 0 Å². The van der Waals surface area contributed by atoms with Gasteiger partial charge in [0.05, 0.1) is 11.5 Å². The number of hydrogen-bond acceptors (Lipinski definition) is 3. The topological polar surface area (TPSA) is 75.4 Å². The number of nitrogens with one attached hydrogen (secondary N) is 1. The molecule has 1 saturated carbocycles. The molecule has 2 amide bonds. The van der Waals surface area contributed by atoms with Crippen LogP contribution in [0.15, 0.2) is 0 Å². The van der Waals surface area contributed by atoms with Crippen LogP contribution in [0.4, 0.5) is 0 Å². The summed E-state index contributed by atoms with van der Waals surface area (Å²) < 4.78 is 0. The molecule has 0 heterocycles. The molecule has 3 N–H and O–H groups in total. The lowest BCUT2D eigenvalue weighted by atomic mass is 9.94. The van der Waals surface area contributed by atoms with Crippen LogP contribution in [0.5, 0.6) is 0 Å². The van der Waals surface area contributed by atoms with Crippen molar-refractivity contribution >= 4 is 29.0 Å². The lowest BCUT2D eigenvalue weighted by Crippen LogP contribution is -2.47. The minimum Gasteiger partial charge on any atom is -0.392 e. The van der Waals surface area contributed by atoms with Crippen molar-refractivity contribution in [3.8, 4) is 0 Å². The van der Waals surface area contributed by atoms with E-state index in [1.165, 1.54) is 11.3 Å². The predicted octanol–water partition coefficient (Wildman–Crippen LogP) is 0.180. The van der Waals surface area contributed by atoms with Gasteiger partial charge in [-0.25, -0.2) is 0 Å². The monoisotopic (exact) mass is 257 g/mol. The molecule has 0 radical (unpaired) electrons. The molecular formula is C11H19N3O2S. The number of likely N-dealkylation sites (N-methyl/N-ethyl adjacent to an activating group) is 1. The number of nitrogens with zero attached hydrogens (tertiary/aromatic N) is 1. The van der Waals surface area contributed by atoms with Crippen molar-refractivity contribution in [2.24, 2.45) is 5.73 Å². The van der Waals surface area contributed by atoms with Gasteiger partial charge in [0.15, 0.2) is 0 Å². The molecule has 6 heteroatoms. The van der Waals surface area contributed by atoms with Gasteiger partial charge in [-0.3, -0.25) is 9.59 Å². The Morgan fingerprint density at radius 3 is 2.47 bits per heavy atom. The fraction of sp³-hybridized carbons (Fsp3) is 0.727. The second-order valence-electron chi connectivity index (χ2n) is 4.36. The zero-order valence-corrected chi connectivity index (χ0v) is 10.9. The van der Waals surface area contributed by atoms with Crippen molar-refractivity contribution in [2.45, 2.75) is 38.1 Å². The first-order valence-corrected chi connectivity index (χ1v) is 6.26. The molecule has 0 unspecified atom stereocenters. The van der Waals surface area contributed by atoms with E-state index in [1.807, 2.05) is 0 Å². The molecule has 5 nitrogen and oxygen atoms in total. The maximum Gasteiger partial charge on any atom is 0.311 e. The van der Waals surface area contributed by atoms with Gasteiger partial charge in [-0.1, -0.05) is 31.5 Å². The van der Waals surface area contributed by atoms with Crippen molar-refractivity contribution in [2.75, 3.05) is 13.6 Å². The molecule has 1 aliphatic carbocycles. The Hall–Kier alpha value is -1.17. The first-order valence-electron chi connectivity index (χ1n) is 5.85. The number of hydrogen-bond donors (Lipinski definition) is 2. The molecule has 0 bridgehead atoms. The Labute approximate surface area is 107 Å². The van der Waals surface area contributed by atoms with E-state index in [2.05, 4.69) is 17.5 Å². The van der Waals surface area contributed by atoms with E-state index in [-0.39, 0.29) is 17.6 Å². The summed E-state index contributed by atoms with van der Waals surface area (Å²) in [6.07, 6.45) is 5.41. The van der Waals surface area contributed by atoms with Gasteiger partial charge < -0.3 is 16.0 Å². The number of rotatable bonds is 3. The number of carbonyl (C=O) groups excluding carboxylic acids is 2. The molecular weight excluding hydrogens is 238 g/mol. The second-order valence-corrected chi connectivity index (χ2v) is 4.88. The molecule has 0 atom stereocenters. The zero-order chi connectivity index (χ0) is 12.8. The van der Waals surface area contributed by atoms with E-state index in [0.717, 1.165) is 25.7 Å². The average molecular weight is 257 g/mol. The van der Waals surface area contributed by atoms with Crippen molar-refractivity contribution in [3.63, 3.8) is 0 Å². The normalized spacial score (nSPS) is 16.3. The van der Waals surface area contributed by atoms with E-state index < -0.39 is 11.8 Å². The Morgan fingerprint density at radius 2 is 1.94 bits per heavy atom. The molecule has 1 fully saturated rings. The van der Waals surface area contributed by atoms with Crippen LogP contribution in [0.2, 0.25) is 0 Å². The van der Waals surface area contributed by atoms with Gasteiger partial charge >= 0.3 is 11.8 Å². The summed E-state index contributed by atoms with van der Waals surface area (Å²) in [7, 11) is 1.68. The summed E-state index contributed by atoms with van der Waals surface area (Å²) >= 11 is 4.63. The van der Waals surface area contributed by atoms with Gasteiger partial charge in [-0.15, -0.1) is 0 Å². The Balaban J connectivity index is 2.44. The number of nitrogens with two attached hydrogens (primary N) is 1. The summed E-state index contributed by atoms with van der Waals surface area (Å²) in [5.41, 5.74) is 5.25. The highest BCUT2D eigenvalue weighted by molar-refractivity contribution is 7.80. The lowest BCUT2D eigenvalue weighted by molar-refractivity contribution is -0.146. The Kier molecular flexibility index (Phi) is 5.34. The second kappa shape index (κ2) is 6.54. The fourth-order valence-corrected chi connectivity index (χ4v) is 2.11. The zero-order valence-electron chi connectivity index (χ0n) is 10.1. The lowest BCUT2D eigenvalue weighted by Gasteiger charge is -2.30. The largest absolute Gasteiger partial charge is 0.392 e. The number of carbonyl (C=O) groups is 2. The van der Waals surface area contributed by atoms with Gasteiger partial charge in [0.25, 0.3) is 0 Å². The highest BCUT2D eigenvalue weighted by atomic mass is 32.1. The minimum absolute atomic E-state index is 0.0679. The van der Waals surface area contributed by atoms with Gasteiger partial charge in [0.2, 0.25) is 0 Å². The fourth-order valence-electron chi connectivity index (χ4n) is 2.04. The highest BCUT2D eigenvalue weighted by Crippen LogP contribution is 2.21. The molecule has 17 heavy (non-hydrogen) atoms. The molecule has 1 aliphatic rings. The average Bonchev–Trinajstić information content (AvgIpc) is 2.35.